The molecule has 2 aromatic rings. The fourth-order valence-corrected chi connectivity index (χ4v) is 2.90. The van der Waals surface area contributed by atoms with Gasteiger partial charge in [-0.1, -0.05) is 0 Å². The Labute approximate surface area is 117 Å². The molecule has 0 atom stereocenters. The third kappa shape index (κ3) is 3.12. The highest BCUT2D eigenvalue weighted by molar-refractivity contribution is 7.92. The highest BCUT2D eigenvalue weighted by Gasteiger charge is 2.40. The van der Waals surface area contributed by atoms with Crippen molar-refractivity contribution < 1.29 is 21.6 Å². The molecular weight excluding hydrogens is 311 g/mol. The number of sulfonamides is 1. The minimum atomic E-state index is -4.84. The van der Waals surface area contributed by atoms with Crippen LogP contribution in [0.1, 0.15) is 11.3 Å². The Bertz CT molecular complexity index is 752. The zero-order valence-electron chi connectivity index (χ0n) is 10.9. The summed E-state index contributed by atoms with van der Waals surface area (Å²) in [5, 5.41) is 2.36. The van der Waals surface area contributed by atoms with Crippen LogP contribution in [0.25, 0.3) is 0 Å². The van der Waals surface area contributed by atoms with E-state index in [9.17, 15) is 21.6 Å². The molecule has 0 bridgehead atoms. The molecule has 0 spiro atoms. The van der Waals surface area contributed by atoms with Crippen LogP contribution < -0.4 is 4.72 Å². The van der Waals surface area contributed by atoms with Gasteiger partial charge in [0.15, 0.2) is 10.8 Å². The standard InChI is InChI=1S/C10H10F3N5O2S/c1-6-3-15-8(5-14-6)17-21(19,20)9-7(10(11,12)13)4-16-18(9)2/h3-5H,1-2H3,(H,15,17). The summed E-state index contributed by atoms with van der Waals surface area (Å²) in [6.07, 6.45) is -1.99. The van der Waals surface area contributed by atoms with Crippen LogP contribution >= 0.6 is 0 Å². The van der Waals surface area contributed by atoms with Crippen molar-refractivity contribution in [3.63, 3.8) is 0 Å². The predicted octanol–water partition coefficient (Wildman–Crippen LogP) is 1.34. The van der Waals surface area contributed by atoms with Gasteiger partial charge < -0.3 is 0 Å². The van der Waals surface area contributed by atoms with Crippen LogP contribution in [0.3, 0.4) is 0 Å². The van der Waals surface area contributed by atoms with Crippen molar-refractivity contribution in [3.05, 3.63) is 29.8 Å². The molecule has 0 aromatic carbocycles. The number of rotatable bonds is 3. The topological polar surface area (TPSA) is 89.8 Å². The number of aromatic nitrogens is 4. The Hall–Kier alpha value is -2.17. The highest BCUT2D eigenvalue weighted by atomic mass is 32.2. The number of aryl methyl sites for hydroxylation is 2. The van der Waals surface area contributed by atoms with Crippen LogP contribution in [0.5, 0.6) is 0 Å². The molecule has 114 valence electrons. The average Bonchev–Trinajstić information content (AvgIpc) is 2.74. The van der Waals surface area contributed by atoms with E-state index in [1.807, 2.05) is 4.72 Å². The normalized spacial score (nSPS) is 12.4. The first-order valence-corrected chi connectivity index (χ1v) is 7.00. The van der Waals surface area contributed by atoms with E-state index in [2.05, 4.69) is 15.1 Å². The third-order valence-electron chi connectivity index (χ3n) is 2.46. The number of alkyl halides is 3. The first-order valence-electron chi connectivity index (χ1n) is 5.52. The van der Waals surface area contributed by atoms with Gasteiger partial charge in [0.1, 0.15) is 5.56 Å². The first-order chi connectivity index (χ1) is 9.61. The summed E-state index contributed by atoms with van der Waals surface area (Å²) >= 11 is 0. The third-order valence-corrected chi connectivity index (χ3v) is 3.94. The predicted molar refractivity (Wildman–Crippen MR) is 65.8 cm³/mol. The van der Waals surface area contributed by atoms with Crippen molar-refractivity contribution in [1.82, 2.24) is 19.7 Å². The van der Waals surface area contributed by atoms with Gasteiger partial charge in [-0.3, -0.25) is 14.4 Å². The lowest BCUT2D eigenvalue weighted by molar-refractivity contribution is -0.140. The van der Waals surface area contributed by atoms with Gasteiger partial charge in [0.25, 0.3) is 10.0 Å². The Morgan fingerprint density at radius 2 is 1.86 bits per heavy atom. The Kier molecular flexibility index (Phi) is 3.61. The molecule has 21 heavy (non-hydrogen) atoms. The Morgan fingerprint density at radius 1 is 1.19 bits per heavy atom. The molecule has 0 fully saturated rings. The van der Waals surface area contributed by atoms with Gasteiger partial charge >= 0.3 is 6.18 Å². The summed E-state index contributed by atoms with van der Waals surface area (Å²) in [6, 6.07) is 0. The quantitative estimate of drug-likeness (QED) is 0.921. The van der Waals surface area contributed by atoms with E-state index < -0.39 is 26.8 Å². The maximum atomic E-state index is 12.8. The van der Waals surface area contributed by atoms with Gasteiger partial charge in [0, 0.05) is 7.05 Å². The zero-order chi connectivity index (χ0) is 15.8. The molecule has 11 heteroatoms. The van der Waals surface area contributed by atoms with Crippen LogP contribution in [-0.2, 0) is 23.2 Å². The zero-order valence-corrected chi connectivity index (χ0v) is 11.7. The Morgan fingerprint density at radius 3 is 2.38 bits per heavy atom. The minimum absolute atomic E-state index is 0.185. The lowest BCUT2D eigenvalue weighted by Crippen LogP contribution is -2.21. The van der Waals surface area contributed by atoms with Crippen LogP contribution in [0.2, 0.25) is 0 Å². The maximum absolute atomic E-state index is 12.8. The average molecular weight is 321 g/mol. The van der Waals surface area contributed by atoms with Crippen molar-refractivity contribution in [1.29, 1.82) is 0 Å². The second-order valence-corrected chi connectivity index (χ2v) is 5.73. The van der Waals surface area contributed by atoms with Crippen molar-refractivity contribution in [2.75, 3.05) is 4.72 Å². The number of anilines is 1. The van der Waals surface area contributed by atoms with Gasteiger partial charge in [-0.2, -0.15) is 26.7 Å². The fraction of sp³-hybridized carbons (Fsp3) is 0.300. The summed E-state index contributed by atoms with van der Waals surface area (Å²) in [7, 11) is -3.40. The smallest absolute Gasteiger partial charge is 0.261 e. The fourth-order valence-electron chi connectivity index (χ4n) is 1.57. The molecule has 1 N–H and O–H groups in total. The largest absolute Gasteiger partial charge is 0.420 e. The lowest BCUT2D eigenvalue weighted by atomic mass is 10.3. The molecule has 0 radical (unpaired) electrons. The van der Waals surface area contributed by atoms with Crippen molar-refractivity contribution in [3.8, 4) is 0 Å². The number of halogens is 3. The summed E-state index contributed by atoms with van der Waals surface area (Å²) in [4.78, 5) is 7.54. The van der Waals surface area contributed by atoms with E-state index in [4.69, 9.17) is 0 Å². The molecule has 2 rings (SSSR count). The monoisotopic (exact) mass is 321 g/mol. The molecular formula is C10H10F3N5O2S. The molecule has 0 aliphatic heterocycles. The van der Waals surface area contributed by atoms with E-state index in [-0.39, 0.29) is 5.82 Å². The van der Waals surface area contributed by atoms with Gasteiger partial charge in [-0.05, 0) is 6.92 Å². The second kappa shape index (κ2) is 4.98. The van der Waals surface area contributed by atoms with E-state index in [0.29, 0.717) is 16.6 Å². The molecule has 0 aliphatic rings. The molecule has 0 aliphatic carbocycles. The van der Waals surface area contributed by atoms with Crippen molar-refractivity contribution >= 4 is 15.8 Å². The maximum Gasteiger partial charge on any atom is 0.420 e. The van der Waals surface area contributed by atoms with Crippen molar-refractivity contribution in [2.24, 2.45) is 7.05 Å². The SMILES string of the molecule is Cc1cnc(NS(=O)(=O)c2c(C(F)(F)F)cnn2C)cn1. The molecule has 0 saturated carbocycles. The highest BCUT2D eigenvalue weighted by Crippen LogP contribution is 2.34. The number of hydrogen-bond donors (Lipinski definition) is 1. The summed E-state index contributed by atoms with van der Waals surface area (Å²) in [5.41, 5.74) is -0.813. The van der Waals surface area contributed by atoms with Gasteiger partial charge in [-0.25, -0.2) is 4.98 Å². The molecule has 0 unspecified atom stereocenters. The van der Waals surface area contributed by atoms with E-state index >= 15 is 0 Å². The van der Waals surface area contributed by atoms with E-state index in [0.717, 1.165) is 13.2 Å². The number of hydrogen-bond acceptors (Lipinski definition) is 5. The summed E-state index contributed by atoms with van der Waals surface area (Å²) in [5.74, 6) is -0.185. The summed E-state index contributed by atoms with van der Waals surface area (Å²) in [6.45, 7) is 1.63. The molecule has 2 aromatic heterocycles. The second-order valence-electron chi connectivity index (χ2n) is 4.13. The Balaban J connectivity index is 2.45. The van der Waals surface area contributed by atoms with Gasteiger partial charge in [0.2, 0.25) is 0 Å². The molecule has 0 amide bonds. The molecule has 7 nitrogen and oxygen atoms in total. The van der Waals surface area contributed by atoms with Crippen molar-refractivity contribution in [2.45, 2.75) is 18.1 Å². The van der Waals surface area contributed by atoms with Crippen LogP contribution in [0.15, 0.2) is 23.6 Å². The van der Waals surface area contributed by atoms with Gasteiger partial charge in [0.05, 0.1) is 24.3 Å². The summed E-state index contributed by atoms with van der Waals surface area (Å²) < 4.78 is 65.2. The van der Waals surface area contributed by atoms with Gasteiger partial charge in [-0.15, -0.1) is 0 Å². The lowest BCUT2D eigenvalue weighted by Gasteiger charge is -2.11. The van der Waals surface area contributed by atoms with E-state index in [1.165, 1.54) is 6.20 Å². The number of nitrogens with zero attached hydrogens (tertiary/aromatic N) is 4. The minimum Gasteiger partial charge on any atom is -0.261 e. The van der Waals surface area contributed by atoms with Crippen LogP contribution in [-0.4, -0.2) is 28.2 Å². The van der Waals surface area contributed by atoms with Crippen LogP contribution in [0.4, 0.5) is 19.0 Å². The van der Waals surface area contributed by atoms with E-state index in [1.54, 1.807) is 6.92 Å². The molecule has 0 saturated heterocycles. The number of nitrogens with one attached hydrogen (secondary N) is 1. The van der Waals surface area contributed by atoms with Crippen LogP contribution in [0, 0.1) is 6.92 Å². The first kappa shape index (κ1) is 15.2. The molecule has 2 heterocycles.